The van der Waals surface area contributed by atoms with Gasteiger partial charge in [0.05, 0.1) is 31.0 Å². The summed E-state index contributed by atoms with van der Waals surface area (Å²) in [4.78, 5) is 11.9. The van der Waals surface area contributed by atoms with Crippen LogP contribution in [0.15, 0.2) is 24.8 Å². The Morgan fingerprint density at radius 2 is 1.52 bits per heavy atom. The van der Waals surface area contributed by atoms with E-state index in [4.69, 9.17) is 18.8 Å². The van der Waals surface area contributed by atoms with Crippen molar-refractivity contribution in [2.75, 3.05) is 14.2 Å². The Labute approximate surface area is 137 Å². The van der Waals surface area contributed by atoms with Crippen molar-refractivity contribution in [1.82, 2.24) is 0 Å². The van der Waals surface area contributed by atoms with Crippen molar-refractivity contribution in [3.05, 3.63) is 35.9 Å². The van der Waals surface area contributed by atoms with Gasteiger partial charge in [-0.2, -0.15) is 0 Å². The minimum Gasteiger partial charge on any atom is -0.497 e. The summed E-state index contributed by atoms with van der Waals surface area (Å²) in [6, 6.07) is 5.23. The van der Waals surface area contributed by atoms with Crippen molar-refractivity contribution < 1.29 is 23.6 Å². The standard InChI is InChI=1S/C17H23BO5/c1-11(20-6)12-8-13(15(19)21-7)10-14(9-12)18-22-16(2,3)17(4,5)23-18/h8-10H,1H2,2-7H3. The van der Waals surface area contributed by atoms with Crippen molar-refractivity contribution in [2.45, 2.75) is 38.9 Å². The van der Waals surface area contributed by atoms with Gasteiger partial charge >= 0.3 is 13.1 Å². The molecule has 1 fully saturated rings. The molecule has 0 unspecified atom stereocenters. The number of rotatable bonds is 4. The first kappa shape index (κ1) is 17.6. The quantitative estimate of drug-likeness (QED) is 0.485. The maximum Gasteiger partial charge on any atom is 0.494 e. The normalized spacial score (nSPS) is 18.6. The van der Waals surface area contributed by atoms with Gasteiger partial charge in [0, 0.05) is 5.56 Å². The van der Waals surface area contributed by atoms with E-state index < -0.39 is 24.3 Å². The molecule has 1 aromatic carbocycles. The molecule has 0 amide bonds. The van der Waals surface area contributed by atoms with Crippen LogP contribution >= 0.6 is 0 Å². The van der Waals surface area contributed by atoms with Crippen LogP contribution in [0.1, 0.15) is 43.6 Å². The maximum atomic E-state index is 11.9. The van der Waals surface area contributed by atoms with Gasteiger partial charge in [0.2, 0.25) is 0 Å². The number of esters is 1. The van der Waals surface area contributed by atoms with Gasteiger partial charge in [-0.3, -0.25) is 0 Å². The van der Waals surface area contributed by atoms with Crippen molar-refractivity contribution in [1.29, 1.82) is 0 Å². The third-order valence-electron chi connectivity index (χ3n) is 4.47. The van der Waals surface area contributed by atoms with Crippen LogP contribution in [0, 0.1) is 0 Å². The Bertz CT molecular complexity index is 586. The smallest absolute Gasteiger partial charge is 0.494 e. The lowest BCUT2D eigenvalue weighted by atomic mass is 9.77. The van der Waals surface area contributed by atoms with Crippen molar-refractivity contribution in [3.63, 3.8) is 0 Å². The zero-order valence-electron chi connectivity index (χ0n) is 14.6. The van der Waals surface area contributed by atoms with Gasteiger partial charge in [-0.1, -0.05) is 12.6 Å². The predicted molar refractivity (Wildman–Crippen MR) is 89.5 cm³/mol. The van der Waals surface area contributed by atoms with Gasteiger partial charge in [0.25, 0.3) is 0 Å². The van der Waals surface area contributed by atoms with Gasteiger partial charge in [-0.05, 0) is 45.3 Å². The lowest BCUT2D eigenvalue weighted by molar-refractivity contribution is 0.00578. The molecule has 1 heterocycles. The third-order valence-corrected chi connectivity index (χ3v) is 4.47. The van der Waals surface area contributed by atoms with Crippen LogP contribution in [0.25, 0.3) is 5.76 Å². The average Bonchev–Trinajstić information content (AvgIpc) is 2.73. The molecule has 6 heteroatoms. The van der Waals surface area contributed by atoms with E-state index in [2.05, 4.69) is 6.58 Å². The molecular weight excluding hydrogens is 295 g/mol. The highest BCUT2D eigenvalue weighted by Gasteiger charge is 2.51. The van der Waals surface area contributed by atoms with Gasteiger partial charge < -0.3 is 18.8 Å². The summed E-state index contributed by atoms with van der Waals surface area (Å²) in [6.07, 6.45) is 0. The molecule has 1 aliphatic rings. The summed E-state index contributed by atoms with van der Waals surface area (Å²) in [5.41, 5.74) is 0.877. The average molecular weight is 318 g/mol. The van der Waals surface area contributed by atoms with Gasteiger partial charge in [-0.15, -0.1) is 0 Å². The number of methoxy groups -OCH3 is 2. The van der Waals surface area contributed by atoms with E-state index in [0.717, 1.165) is 5.46 Å². The number of hydrogen-bond acceptors (Lipinski definition) is 5. The van der Waals surface area contributed by atoms with Gasteiger partial charge in [0.15, 0.2) is 0 Å². The second kappa shape index (κ2) is 6.02. The zero-order valence-corrected chi connectivity index (χ0v) is 14.6. The van der Waals surface area contributed by atoms with Crippen LogP contribution in [0.5, 0.6) is 0 Å². The molecule has 1 aliphatic heterocycles. The first-order valence-corrected chi connectivity index (χ1v) is 7.43. The summed E-state index contributed by atoms with van der Waals surface area (Å²) in [5, 5.41) is 0. The summed E-state index contributed by atoms with van der Waals surface area (Å²) in [6.45, 7) is 11.8. The summed E-state index contributed by atoms with van der Waals surface area (Å²) < 4.78 is 22.1. The van der Waals surface area contributed by atoms with Crippen LogP contribution in [0.2, 0.25) is 0 Å². The molecule has 2 rings (SSSR count). The molecule has 23 heavy (non-hydrogen) atoms. The van der Waals surface area contributed by atoms with Crippen molar-refractivity contribution in [2.24, 2.45) is 0 Å². The Kier molecular flexibility index (Phi) is 4.60. The predicted octanol–water partition coefficient (Wildman–Crippen LogP) is 2.39. The highest BCUT2D eigenvalue weighted by Crippen LogP contribution is 2.36. The highest BCUT2D eigenvalue weighted by molar-refractivity contribution is 6.62. The van der Waals surface area contributed by atoms with Crippen molar-refractivity contribution in [3.8, 4) is 0 Å². The molecule has 0 N–H and O–H groups in total. The maximum absolute atomic E-state index is 11.9. The Morgan fingerprint density at radius 1 is 1.00 bits per heavy atom. The largest absolute Gasteiger partial charge is 0.497 e. The minimum absolute atomic E-state index is 0.396. The third kappa shape index (κ3) is 3.28. The molecule has 1 aromatic rings. The molecule has 1 saturated heterocycles. The molecule has 0 radical (unpaired) electrons. The number of carbonyl (C=O) groups is 1. The lowest BCUT2D eigenvalue weighted by Crippen LogP contribution is -2.41. The molecule has 0 aliphatic carbocycles. The van der Waals surface area contributed by atoms with Crippen LogP contribution in [0.4, 0.5) is 0 Å². The summed E-state index contributed by atoms with van der Waals surface area (Å²) in [7, 11) is 2.30. The SMILES string of the molecule is C=C(OC)c1cc(B2OC(C)(C)C(C)(C)O2)cc(C(=O)OC)c1. The van der Waals surface area contributed by atoms with E-state index in [1.807, 2.05) is 33.8 Å². The highest BCUT2D eigenvalue weighted by atomic mass is 16.7. The van der Waals surface area contributed by atoms with Crippen LogP contribution < -0.4 is 5.46 Å². The molecule has 0 atom stereocenters. The molecule has 124 valence electrons. The van der Waals surface area contributed by atoms with E-state index in [0.29, 0.717) is 16.9 Å². The van der Waals surface area contributed by atoms with Gasteiger partial charge in [0.1, 0.15) is 5.76 Å². The first-order chi connectivity index (χ1) is 10.6. The Hall–Kier alpha value is -1.79. The fourth-order valence-corrected chi connectivity index (χ4v) is 2.28. The number of ether oxygens (including phenoxy) is 2. The molecule has 5 nitrogen and oxygen atoms in total. The second-order valence-electron chi connectivity index (χ2n) is 6.55. The van der Waals surface area contributed by atoms with Crippen LogP contribution in [-0.4, -0.2) is 38.5 Å². The topological polar surface area (TPSA) is 54.0 Å². The molecule has 0 saturated carbocycles. The Morgan fingerprint density at radius 3 is 2.00 bits per heavy atom. The van der Waals surface area contributed by atoms with E-state index in [-0.39, 0.29) is 0 Å². The minimum atomic E-state index is -0.576. The number of hydrogen-bond donors (Lipinski definition) is 0. The number of carbonyl (C=O) groups excluding carboxylic acids is 1. The Balaban J connectivity index is 2.46. The van der Waals surface area contributed by atoms with E-state index in [1.54, 1.807) is 12.1 Å². The van der Waals surface area contributed by atoms with Gasteiger partial charge in [-0.25, -0.2) is 4.79 Å². The fourth-order valence-electron chi connectivity index (χ4n) is 2.28. The summed E-state index contributed by atoms with van der Waals surface area (Å²) in [5.74, 6) is 0.0158. The second-order valence-corrected chi connectivity index (χ2v) is 6.55. The number of benzene rings is 1. The molecular formula is C17H23BO5. The van der Waals surface area contributed by atoms with Crippen LogP contribution in [-0.2, 0) is 18.8 Å². The van der Waals surface area contributed by atoms with E-state index in [9.17, 15) is 4.79 Å². The van der Waals surface area contributed by atoms with E-state index in [1.165, 1.54) is 14.2 Å². The first-order valence-electron chi connectivity index (χ1n) is 7.43. The monoisotopic (exact) mass is 318 g/mol. The fraction of sp³-hybridized carbons (Fsp3) is 0.471. The zero-order chi connectivity index (χ0) is 17.4. The molecule has 0 bridgehead atoms. The van der Waals surface area contributed by atoms with E-state index >= 15 is 0 Å². The van der Waals surface area contributed by atoms with Crippen molar-refractivity contribution >= 4 is 24.3 Å². The molecule has 0 spiro atoms. The van der Waals surface area contributed by atoms with Crippen LogP contribution in [0.3, 0.4) is 0 Å². The summed E-state index contributed by atoms with van der Waals surface area (Å²) >= 11 is 0. The lowest BCUT2D eigenvalue weighted by Gasteiger charge is -2.32. The molecule has 0 aromatic heterocycles.